The van der Waals surface area contributed by atoms with Gasteiger partial charge in [-0.3, -0.25) is 9.59 Å². The molecule has 2 aliphatic rings. The van der Waals surface area contributed by atoms with E-state index >= 15 is 0 Å². The van der Waals surface area contributed by atoms with Crippen molar-refractivity contribution in [1.29, 1.82) is 0 Å². The summed E-state index contributed by atoms with van der Waals surface area (Å²) in [6.45, 7) is 1.84. The first kappa shape index (κ1) is 20.4. The number of amides is 1. The van der Waals surface area contributed by atoms with Gasteiger partial charge in [0, 0.05) is 5.69 Å². The van der Waals surface area contributed by atoms with Gasteiger partial charge in [-0.25, -0.2) is 0 Å². The monoisotopic (exact) mass is 475 g/mol. The second kappa shape index (κ2) is 6.33. The average Bonchev–Trinajstić information content (AvgIpc) is 2.74. The quantitative estimate of drug-likeness (QED) is 0.595. The lowest BCUT2D eigenvalue weighted by molar-refractivity contribution is -0.146. The summed E-state index contributed by atoms with van der Waals surface area (Å²) in [6.07, 6.45) is 0. The average molecular weight is 478 g/mol. The molecule has 10 heteroatoms. The first-order valence-corrected chi connectivity index (χ1v) is 9.59. The molecule has 26 heavy (non-hydrogen) atoms. The maximum atomic E-state index is 13.0. The van der Waals surface area contributed by atoms with Gasteiger partial charge in [-0.2, -0.15) is 0 Å². The molecule has 1 aromatic carbocycles. The van der Waals surface area contributed by atoms with Crippen LogP contribution < -0.4 is 5.32 Å². The molecule has 4 nitrogen and oxygen atoms in total. The maximum Gasteiger partial charge on any atom is 0.309 e. The molecule has 0 aliphatic heterocycles. The number of anilines is 1. The van der Waals surface area contributed by atoms with E-state index in [1.54, 1.807) is 18.2 Å². The smallest absolute Gasteiger partial charge is 0.309 e. The summed E-state index contributed by atoms with van der Waals surface area (Å²) in [7, 11) is 0. The molecular weight excluding hydrogens is 467 g/mol. The van der Waals surface area contributed by atoms with Gasteiger partial charge in [-0.15, -0.1) is 23.2 Å². The molecule has 0 unspecified atom stereocenters. The highest BCUT2D eigenvalue weighted by Crippen LogP contribution is 2.76. The minimum atomic E-state index is -2.12. The molecule has 1 aromatic rings. The number of fused-ring (bicyclic) bond motifs is 2. The molecular formula is C16H11Cl6NO3. The van der Waals surface area contributed by atoms with Gasteiger partial charge >= 0.3 is 5.97 Å². The zero-order valence-electron chi connectivity index (χ0n) is 13.0. The maximum absolute atomic E-state index is 13.0. The fourth-order valence-electron chi connectivity index (χ4n) is 3.57. The van der Waals surface area contributed by atoms with Crippen molar-refractivity contribution in [3.8, 4) is 0 Å². The standard InChI is InChI=1S/C16H11Cl6NO3/c1-6-3-2-4-7(5-6)23-12(24)8-9(13(25)26)15(20)11(18)10(17)14(8,19)16(15,21)22/h2-5,8-9H,1H3,(H,23,24)(H,25,26)/t8-,9+,14+,15+/m1/s1. The number of rotatable bonds is 3. The summed E-state index contributed by atoms with van der Waals surface area (Å²) in [5.41, 5.74) is 1.34. The van der Waals surface area contributed by atoms with E-state index in [4.69, 9.17) is 69.6 Å². The number of hydrogen-bond acceptors (Lipinski definition) is 2. The van der Waals surface area contributed by atoms with Crippen LogP contribution in [-0.4, -0.2) is 31.1 Å². The van der Waals surface area contributed by atoms with Crippen molar-refractivity contribution in [3.63, 3.8) is 0 Å². The van der Waals surface area contributed by atoms with Gasteiger partial charge in [0.15, 0.2) is 4.33 Å². The molecule has 140 valence electrons. The highest BCUT2D eigenvalue weighted by Gasteiger charge is 2.85. The van der Waals surface area contributed by atoms with Crippen molar-refractivity contribution in [1.82, 2.24) is 0 Å². The van der Waals surface area contributed by atoms with E-state index in [1.165, 1.54) is 0 Å². The third-order valence-electron chi connectivity index (χ3n) is 4.77. The van der Waals surface area contributed by atoms with E-state index in [0.29, 0.717) is 5.69 Å². The number of alkyl halides is 4. The van der Waals surface area contributed by atoms with Gasteiger partial charge in [0.25, 0.3) is 0 Å². The molecule has 4 atom stereocenters. The zero-order chi connectivity index (χ0) is 19.7. The Morgan fingerprint density at radius 2 is 1.58 bits per heavy atom. The summed E-state index contributed by atoms with van der Waals surface area (Å²) in [5, 5.41) is 11.8. The normalized spacial score (nSPS) is 34.9. The molecule has 3 rings (SSSR count). The van der Waals surface area contributed by atoms with Gasteiger partial charge in [0.1, 0.15) is 9.75 Å². The highest BCUT2D eigenvalue weighted by molar-refractivity contribution is 6.66. The number of allylic oxidation sites excluding steroid dienone is 2. The third-order valence-corrected chi connectivity index (χ3v) is 9.03. The number of carboxylic acid groups (broad SMARTS) is 1. The molecule has 0 heterocycles. The second-order valence-corrected chi connectivity index (χ2v) is 9.55. The zero-order valence-corrected chi connectivity index (χ0v) is 17.5. The van der Waals surface area contributed by atoms with Crippen LogP contribution in [0.3, 0.4) is 0 Å². The van der Waals surface area contributed by atoms with E-state index in [0.717, 1.165) is 5.56 Å². The minimum Gasteiger partial charge on any atom is -0.481 e. The topological polar surface area (TPSA) is 66.4 Å². The Morgan fingerprint density at radius 3 is 2.08 bits per heavy atom. The summed E-state index contributed by atoms with van der Waals surface area (Å²) in [5.74, 6) is -5.19. The molecule has 0 aromatic heterocycles. The van der Waals surface area contributed by atoms with E-state index in [1.807, 2.05) is 13.0 Å². The molecule has 2 aliphatic carbocycles. The van der Waals surface area contributed by atoms with E-state index in [2.05, 4.69) is 5.32 Å². The van der Waals surface area contributed by atoms with Crippen molar-refractivity contribution < 1.29 is 14.7 Å². The molecule has 2 bridgehead atoms. The summed E-state index contributed by atoms with van der Waals surface area (Å²) < 4.78 is -2.12. The predicted molar refractivity (Wildman–Crippen MR) is 105 cm³/mol. The Balaban J connectivity index is 2.11. The number of benzene rings is 1. The van der Waals surface area contributed by atoms with E-state index in [9.17, 15) is 14.7 Å². The number of aryl methyl sites for hydroxylation is 1. The lowest BCUT2D eigenvalue weighted by atomic mass is 9.81. The van der Waals surface area contributed by atoms with Crippen molar-refractivity contribution in [2.24, 2.45) is 11.8 Å². The molecule has 2 N–H and O–H groups in total. The van der Waals surface area contributed by atoms with Crippen molar-refractivity contribution in [2.75, 3.05) is 5.32 Å². The fourth-order valence-corrected chi connectivity index (χ4v) is 6.51. The Morgan fingerprint density at radius 1 is 1.04 bits per heavy atom. The predicted octanol–water partition coefficient (Wildman–Crippen LogP) is 5.10. The van der Waals surface area contributed by atoms with Crippen LogP contribution in [0.5, 0.6) is 0 Å². The number of carboxylic acids is 1. The van der Waals surface area contributed by atoms with E-state index in [-0.39, 0.29) is 10.1 Å². The minimum absolute atomic E-state index is 0.234. The van der Waals surface area contributed by atoms with Crippen LogP contribution in [0.15, 0.2) is 34.3 Å². The lowest BCUT2D eigenvalue weighted by Crippen LogP contribution is -2.47. The third kappa shape index (κ3) is 2.36. The van der Waals surface area contributed by atoms with Crippen LogP contribution in [0.2, 0.25) is 0 Å². The summed E-state index contributed by atoms with van der Waals surface area (Å²) in [6, 6.07) is 6.92. The summed E-state index contributed by atoms with van der Waals surface area (Å²) >= 11 is 38.1. The number of carbonyl (C=O) groups excluding carboxylic acids is 1. The van der Waals surface area contributed by atoms with Crippen molar-refractivity contribution >= 4 is 87.2 Å². The molecule has 0 radical (unpaired) electrons. The number of aliphatic carboxylic acids is 1. The molecule has 1 fully saturated rings. The van der Waals surface area contributed by atoms with E-state index < -0.39 is 37.8 Å². The SMILES string of the molecule is Cc1cccc(NC(=O)[C@H]2[C@@H](C(=O)O)[C@]3(Cl)C(Cl)=C(Cl)[C@]2(Cl)C3(Cl)Cl)c1. The molecule has 1 amide bonds. The Hall–Kier alpha value is -0.360. The van der Waals surface area contributed by atoms with Crippen LogP contribution in [0.4, 0.5) is 5.69 Å². The van der Waals surface area contributed by atoms with Gasteiger partial charge < -0.3 is 10.4 Å². The first-order chi connectivity index (χ1) is 11.9. The van der Waals surface area contributed by atoms with Gasteiger partial charge in [-0.05, 0) is 24.6 Å². The van der Waals surface area contributed by atoms with Crippen LogP contribution >= 0.6 is 69.6 Å². The molecule has 0 saturated heterocycles. The Labute approximate surface area is 179 Å². The number of hydrogen-bond donors (Lipinski definition) is 2. The summed E-state index contributed by atoms with van der Waals surface area (Å²) in [4.78, 5) is 20.9. The number of nitrogens with one attached hydrogen (secondary N) is 1. The van der Waals surface area contributed by atoms with Crippen LogP contribution in [0, 0.1) is 18.8 Å². The van der Waals surface area contributed by atoms with Crippen LogP contribution in [-0.2, 0) is 9.59 Å². The molecule has 0 spiro atoms. The van der Waals surface area contributed by atoms with Crippen LogP contribution in [0.25, 0.3) is 0 Å². The number of carbonyl (C=O) groups is 2. The van der Waals surface area contributed by atoms with Gasteiger partial charge in [-0.1, -0.05) is 58.5 Å². The number of halogens is 6. The second-order valence-electron chi connectivity index (χ2n) is 6.28. The first-order valence-electron chi connectivity index (χ1n) is 7.33. The Kier molecular flexibility index (Phi) is 4.96. The van der Waals surface area contributed by atoms with Crippen molar-refractivity contribution in [3.05, 3.63) is 39.9 Å². The largest absolute Gasteiger partial charge is 0.481 e. The van der Waals surface area contributed by atoms with Gasteiger partial charge in [0.05, 0.1) is 21.9 Å². The lowest BCUT2D eigenvalue weighted by Gasteiger charge is -2.33. The van der Waals surface area contributed by atoms with Gasteiger partial charge in [0.2, 0.25) is 5.91 Å². The Bertz CT molecular complexity index is 856. The fraction of sp³-hybridized carbons (Fsp3) is 0.375. The molecule has 1 saturated carbocycles. The van der Waals surface area contributed by atoms with Crippen molar-refractivity contribution in [2.45, 2.75) is 21.0 Å². The van der Waals surface area contributed by atoms with Crippen LogP contribution in [0.1, 0.15) is 5.56 Å². The highest BCUT2D eigenvalue weighted by atomic mass is 35.5.